The number of rotatable bonds is 7. The number of amidine groups is 1. The lowest BCUT2D eigenvalue weighted by Gasteiger charge is -2.08. The Bertz CT molecular complexity index is 687. The minimum atomic E-state index is -0.866. The number of aliphatic hydroxyl groups excluding tert-OH is 1. The van der Waals surface area contributed by atoms with Crippen LogP contribution in [0.15, 0.2) is 39.9 Å². The quantitative estimate of drug-likeness (QED) is 0.191. The van der Waals surface area contributed by atoms with Crippen LogP contribution in [-0.2, 0) is 14.3 Å². The highest BCUT2D eigenvalue weighted by molar-refractivity contribution is 6.42. The second kappa shape index (κ2) is 9.79. The normalized spacial score (nSPS) is 12.9. The van der Waals surface area contributed by atoms with Crippen molar-refractivity contribution < 1.29 is 19.4 Å². The zero-order chi connectivity index (χ0) is 18.1. The smallest absolute Gasteiger partial charge is 0.349 e. The first-order valence-electron chi connectivity index (χ1n) is 6.95. The molecule has 0 radical (unpaired) electrons. The molecule has 0 amide bonds. The van der Waals surface area contributed by atoms with Crippen LogP contribution in [0.2, 0.25) is 10.0 Å². The molecule has 9 heteroatoms. The van der Waals surface area contributed by atoms with Gasteiger partial charge in [-0.2, -0.15) is 5.10 Å². The molecule has 1 rings (SSSR count). The van der Waals surface area contributed by atoms with Crippen molar-refractivity contribution in [1.82, 2.24) is 0 Å². The molecule has 0 aliphatic carbocycles. The molecule has 1 aromatic carbocycles. The molecule has 24 heavy (non-hydrogen) atoms. The molecule has 0 aromatic heterocycles. The van der Waals surface area contributed by atoms with E-state index in [0.717, 1.165) is 0 Å². The van der Waals surface area contributed by atoms with Crippen molar-refractivity contribution in [1.29, 1.82) is 0 Å². The number of carbonyl (C=O) groups is 1. The molecule has 0 aliphatic rings. The van der Waals surface area contributed by atoms with Crippen molar-refractivity contribution in [3.63, 3.8) is 0 Å². The van der Waals surface area contributed by atoms with Gasteiger partial charge in [0.1, 0.15) is 0 Å². The molecule has 0 bridgehead atoms. The third-order valence-electron chi connectivity index (χ3n) is 2.55. The summed E-state index contributed by atoms with van der Waals surface area (Å²) in [4.78, 5) is 11.9. The highest BCUT2D eigenvalue weighted by Gasteiger charge is 2.22. The first-order valence-corrected chi connectivity index (χ1v) is 7.71. The van der Waals surface area contributed by atoms with E-state index in [-0.39, 0.29) is 19.0 Å². The molecule has 130 valence electrons. The molecule has 0 unspecified atom stereocenters. The third-order valence-corrected chi connectivity index (χ3v) is 3.29. The summed E-state index contributed by atoms with van der Waals surface area (Å²) in [5.74, 6) is -1.90. The highest BCUT2D eigenvalue weighted by Crippen LogP contribution is 2.21. The van der Waals surface area contributed by atoms with Crippen LogP contribution in [0.1, 0.15) is 19.4 Å². The number of benzene rings is 1. The minimum Gasteiger partial charge on any atom is -0.480 e. The number of halogens is 2. The summed E-state index contributed by atoms with van der Waals surface area (Å²) in [6, 6.07) is 4.85. The first kappa shape index (κ1) is 19.8. The number of carbonyl (C=O) groups excluding carboxylic acids is 1. The van der Waals surface area contributed by atoms with Crippen LogP contribution in [0, 0.1) is 0 Å². The molecule has 0 aliphatic heterocycles. The topological polar surface area (TPSA) is 107 Å². The van der Waals surface area contributed by atoms with Gasteiger partial charge in [0.15, 0.2) is 11.4 Å². The lowest BCUT2D eigenvalue weighted by molar-refractivity contribution is -0.138. The van der Waals surface area contributed by atoms with Crippen LogP contribution in [0.5, 0.6) is 0 Å². The average molecular weight is 374 g/mol. The van der Waals surface area contributed by atoms with Crippen LogP contribution in [0.3, 0.4) is 0 Å². The van der Waals surface area contributed by atoms with Crippen molar-refractivity contribution in [2.45, 2.75) is 13.8 Å². The third kappa shape index (κ3) is 5.75. The molecule has 0 saturated heterocycles. The summed E-state index contributed by atoms with van der Waals surface area (Å²) in [7, 11) is 0. The Labute approximate surface area is 149 Å². The number of nitrogens with two attached hydrogens (primary N) is 1. The predicted octanol–water partition coefficient (Wildman–Crippen LogP) is 3.05. The van der Waals surface area contributed by atoms with Crippen LogP contribution in [0.4, 0.5) is 0 Å². The van der Waals surface area contributed by atoms with Gasteiger partial charge in [0.05, 0.1) is 29.5 Å². The number of ether oxygens (including phenoxy) is 2. The van der Waals surface area contributed by atoms with Crippen LogP contribution in [-0.4, -0.2) is 36.3 Å². The van der Waals surface area contributed by atoms with Crippen molar-refractivity contribution in [2.75, 3.05) is 13.2 Å². The molecule has 1 aromatic rings. The number of aliphatic hydroxyl groups is 1. The maximum absolute atomic E-state index is 11.9. The number of nitrogens with zero attached hydrogens (tertiary/aromatic N) is 2. The second-order valence-electron chi connectivity index (χ2n) is 4.24. The van der Waals surface area contributed by atoms with E-state index in [1.54, 1.807) is 32.0 Å². The first-order chi connectivity index (χ1) is 11.4. The SMILES string of the molecule is CCOC(=O)C(C(N)=N/N=C/c1ccc(Cl)c(Cl)c1)=C(O)OCC. The fraction of sp³-hybridized carbons (Fsp3) is 0.267. The molecule has 0 spiro atoms. The van der Waals surface area contributed by atoms with Crippen LogP contribution >= 0.6 is 23.2 Å². The predicted molar refractivity (Wildman–Crippen MR) is 93.6 cm³/mol. The maximum atomic E-state index is 11.9. The molecular formula is C15H17Cl2N3O4. The van der Waals surface area contributed by atoms with E-state index in [0.29, 0.717) is 15.6 Å². The van der Waals surface area contributed by atoms with Gasteiger partial charge in [0.2, 0.25) is 0 Å². The Kier molecular flexibility index (Phi) is 8.08. The van der Waals surface area contributed by atoms with E-state index in [9.17, 15) is 9.90 Å². The van der Waals surface area contributed by atoms with Gasteiger partial charge in [-0.25, -0.2) is 4.79 Å². The van der Waals surface area contributed by atoms with Gasteiger partial charge in [-0.15, -0.1) is 5.10 Å². The molecule has 0 atom stereocenters. The molecule has 0 saturated carbocycles. The zero-order valence-corrected chi connectivity index (χ0v) is 14.6. The summed E-state index contributed by atoms with van der Waals surface area (Å²) in [6.45, 7) is 3.48. The average Bonchev–Trinajstić information content (AvgIpc) is 2.51. The van der Waals surface area contributed by atoms with Crippen molar-refractivity contribution >= 4 is 41.2 Å². The Morgan fingerprint density at radius 3 is 2.50 bits per heavy atom. The van der Waals surface area contributed by atoms with E-state index in [4.69, 9.17) is 38.4 Å². The molecule has 7 nitrogen and oxygen atoms in total. The van der Waals surface area contributed by atoms with Gasteiger partial charge in [0, 0.05) is 0 Å². The van der Waals surface area contributed by atoms with Crippen molar-refractivity contribution in [3.8, 4) is 0 Å². The maximum Gasteiger partial charge on any atom is 0.349 e. The van der Waals surface area contributed by atoms with E-state index in [1.807, 2.05) is 0 Å². The lowest BCUT2D eigenvalue weighted by Crippen LogP contribution is -2.25. The number of esters is 1. The Morgan fingerprint density at radius 1 is 1.25 bits per heavy atom. The molecule has 3 N–H and O–H groups in total. The zero-order valence-electron chi connectivity index (χ0n) is 13.1. The number of hydrogen-bond acceptors (Lipinski definition) is 6. The summed E-state index contributed by atoms with van der Waals surface area (Å²) in [6.07, 6.45) is 1.36. The van der Waals surface area contributed by atoms with Gasteiger partial charge >= 0.3 is 5.97 Å². The lowest BCUT2D eigenvalue weighted by atomic mass is 10.2. The largest absolute Gasteiger partial charge is 0.480 e. The van der Waals surface area contributed by atoms with Crippen LogP contribution < -0.4 is 5.73 Å². The Morgan fingerprint density at radius 2 is 1.92 bits per heavy atom. The van der Waals surface area contributed by atoms with Gasteiger partial charge in [-0.1, -0.05) is 29.3 Å². The van der Waals surface area contributed by atoms with E-state index in [1.165, 1.54) is 6.21 Å². The van der Waals surface area contributed by atoms with Gasteiger partial charge in [-0.05, 0) is 31.5 Å². The molecule has 0 heterocycles. The van der Waals surface area contributed by atoms with Gasteiger partial charge in [0.25, 0.3) is 5.95 Å². The summed E-state index contributed by atoms with van der Waals surface area (Å²) < 4.78 is 9.68. The fourth-order valence-electron chi connectivity index (χ4n) is 1.51. The highest BCUT2D eigenvalue weighted by atomic mass is 35.5. The van der Waals surface area contributed by atoms with E-state index < -0.39 is 17.5 Å². The van der Waals surface area contributed by atoms with Gasteiger partial charge in [-0.3, -0.25) is 0 Å². The Balaban J connectivity index is 3.04. The monoisotopic (exact) mass is 373 g/mol. The second-order valence-corrected chi connectivity index (χ2v) is 5.05. The molecule has 0 fully saturated rings. The number of hydrogen-bond donors (Lipinski definition) is 2. The van der Waals surface area contributed by atoms with Crippen molar-refractivity contribution in [2.24, 2.45) is 15.9 Å². The summed E-state index contributed by atoms with van der Waals surface area (Å²) in [5, 5.41) is 18.0. The fourth-order valence-corrected chi connectivity index (χ4v) is 1.82. The van der Waals surface area contributed by atoms with Crippen molar-refractivity contribution in [3.05, 3.63) is 45.3 Å². The van der Waals surface area contributed by atoms with Crippen LogP contribution in [0.25, 0.3) is 0 Å². The van der Waals surface area contributed by atoms with E-state index in [2.05, 4.69) is 10.2 Å². The standard InChI is InChI=1S/C15H17Cl2N3O4/c1-3-23-14(21)12(15(22)24-4-2)13(18)20-19-8-9-5-6-10(16)11(17)7-9/h5-8,21H,3-4H2,1-2H3,(H2,18,20)/b14-12?,19-8+. The van der Waals surface area contributed by atoms with E-state index >= 15 is 0 Å². The van der Waals surface area contributed by atoms with Gasteiger partial charge < -0.3 is 20.3 Å². The molecular weight excluding hydrogens is 357 g/mol. The summed E-state index contributed by atoms with van der Waals surface area (Å²) in [5.41, 5.74) is 5.91. The minimum absolute atomic E-state index is 0.0988. The Hall–Kier alpha value is -2.25. The summed E-state index contributed by atoms with van der Waals surface area (Å²) >= 11 is 11.7.